The third kappa shape index (κ3) is 2.30. The molecule has 0 radical (unpaired) electrons. The Balaban J connectivity index is 3.18. The van der Waals surface area contributed by atoms with Crippen molar-refractivity contribution in [3.63, 3.8) is 0 Å². The molecule has 0 spiro atoms. The molecule has 88 valence electrons. The van der Waals surface area contributed by atoms with Crippen LogP contribution in [0.5, 0.6) is 0 Å². The van der Waals surface area contributed by atoms with Crippen LogP contribution < -0.4 is 4.90 Å². The second kappa shape index (κ2) is 4.49. The number of hydrogen-bond acceptors (Lipinski definition) is 4. The highest BCUT2D eigenvalue weighted by Crippen LogP contribution is 2.24. The van der Waals surface area contributed by atoms with Crippen LogP contribution in [0.2, 0.25) is 0 Å². The van der Waals surface area contributed by atoms with Crippen molar-refractivity contribution in [3.05, 3.63) is 24.0 Å². The zero-order valence-electron chi connectivity index (χ0n) is 9.64. The number of aromatic carboxylic acids is 1. The highest BCUT2D eigenvalue weighted by atomic mass is 16.4. The molecule has 0 aromatic carbocycles. The van der Waals surface area contributed by atoms with Crippen LogP contribution in [-0.4, -0.2) is 40.4 Å². The quantitative estimate of drug-likeness (QED) is 0.797. The van der Waals surface area contributed by atoms with Gasteiger partial charge in [-0.1, -0.05) is 0 Å². The van der Waals surface area contributed by atoms with Crippen molar-refractivity contribution < 1.29 is 15.0 Å². The second-order valence-corrected chi connectivity index (χ2v) is 4.23. The van der Waals surface area contributed by atoms with Gasteiger partial charge in [-0.05, 0) is 19.9 Å². The van der Waals surface area contributed by atoms with Crippen molar-refractivity contribution in [3.8, 4) is 0 Å². The summed E-state index contributed by atoms with van der Waals surface area (Å²) in [5.41, 5.74) is 0.140. The van der Waals surface area contributed by atoms with Gasteiger partial charge >= 0.3 is 5.97 Å². The minimum atomic E-state index is -1.00. The number of rotatable bonds is 4. The number of nitrogens with zero attached hydrogens (tertiary/aromatic N) is 2. The molecule has 1 aromatic rings. The monoisotopic (exact) mass is 224 g/mol. The van der Waals surface area contributed by atoms with Gasteiger partial charge in [-0.15, -0.1) is 0 Å². The molecule has 0 fully saturated rings. The molecule has 0 unspecified atom stereocenters. The Bertz CT molecular complexity index is 391. The normalized spacial score (nSPS) is 11.2. The number of aromatic nitrogens is 1. The fourth-order valence-corrected chi connectivity index (χ4v) is 1.27. The van der Waals surface area contributed by atoms with E-state index in [0.717, 1.165) is 0 Å². The highest BCUT2D eigenvalue weighted by Gasteiger charge is 2.26. The highest BCUT2D eigenvalue weighted by molar-refractivity contribution is 5.94. The maximum Gasteiger partial charge on any atom is 0.337 e. The maximum atomic E-state index is 11.0. The average Bonchev–Trinajstić information content (AvgIpc) is 2.28. The van der Waals surface area contributed by atoms with Crippen LogP contribution in [0.25, 0.3) is 0 Å². The third-order valence-electron chi connectivity index (χ3n) is 2.69. The fraction of sp³-hybridized carbons (Fsp3) is 0.455. The Morgan fingerprint density at radius 1 is 1.56 bits per heavy atom. The fourth-order valence-electron chi connectivity index (χ4n) is 1.27. The first-order valence-electron chi connectivity index (χ1n) is 4.92. The van der Waals surface area contributed by atoms with Crippen molar-refractivity contribution in [2.24, 2.45) is 0 Å². The Labute approximate surface area is 94.4 Å². The summed E-state index contributed by atoms with van der Waals surface area (Å²) in [6.45, 7) is 3.58. The third-order valence-corrected chi connectivity index (χ3v) is 2.69. The summed E-state index contributed by atoms with van der Waals surface area (Å²) >= 11 is 0. The van der Waals surface area contributed by atoms with Gasteiger partial charge in [0.15, 0.2) is 0 Å². The van der Waals surface area contributed by atoms with Crippen LogP contribution in [0.1, 0.15) is 24.2 Å². The number of carbonyl (C=O) groups is 1. The molecule has 1 aromatic heterocycles. The standard InChI is InChI=1S/C11H16N2O3/c1-11(2,7-14)13(3)9-6-12-5-4-8(9)10(15)16/h4-6,14H,7H2,1-3H3,(H,15,16). The van der Waals surface area contributed by atoms with E-state index in [2.05, 4.69) is 4.98 Å². The summed E-state index contributed by atoms with van der Waals surface area (Å²) in [6.07, 6.45) is 2.92. The Hall–Kier alpha value is -1.62. The molecule has 5 nitrogen and oxygen atoms in total. The number of pyridine rings is 1. The number of aliphatic hydroxyl groups excluding tert-OH is 1. The van der Waals surface area contributed by atoms with Crippen LogP contribution in [0, 0.1) is 0 Å². The molecule has 0 saturated heterocycles. The molecule has 0 aliphatic rings. The van der Waals surface area contributed by atoms with Crippen molar-refractivity contribution >= 4 is 11.7 Å². The molecule has 0 bridgehead atoms. The van der Waals surface area contributed by atoms with E-state index in [4.69, 9.17) is 5.11 Å². The van der Waals surface area contributed by atoms with Crippen molar-refractivity contribution in [1.29, 1.82) is 0 Å². The Morgan fingerprint density at radius 2 is 2.19 bits per heavy atom. The average molecular weight is 224 g/mol. The van der Waals surface area contributed by atoms with E-state index in [1.54, 1.807) is 11.9 Å². The number of carboxylic acid groups (broad SMARTS) is 1. The Kier molecular flexibility index (Phi) is 3.49. The largest absolute Gasteiger partial charge is 0.478 e. The van der Waals surface area contributed by atoms with Gasteiger partial charge in [0.05, 0.1) is 29.6 Å². The minimum Gasteiger partial charge on any atom is -0.478 e. The summed E-state index contributed by atoms with van der Waals surface area (Å²) < 4.78 is 0. The zero-order valence-corrected chi connectivity index (χ0v) is 9.64. The molecule has 1 rings (SSSR count). The summed E-state index contributed by atoms with van der Waals surface area (Å²) in [7, 11) is 1.74. The number of aliphatic hydroxyl groups is 1. The van der Waals surface area contributed by atoms with Crippen LogP contribution in [0.4, 0.5) is 5.69 Å². The van der Waals surface area contributed by atoms with Gasteiger partial charge in [-0.3, -0.25) is 4.98 Å². The molecule has 0 saturated carbocycles. The molecule has 0 aliphatic heterocycles. The summed E-state index contributed by atoms with van der Waals surface area (Å²) in [5.74, 6) is -1.00. The summed E-state index contributed by atoms with van der Waals surface area (Å²) in [4.78, 5) is 16.6. The zero-order chi connectivity index (χ0) is 12.3. The lowest BCUT2D eigenvalue weighted by Crippen LogP contribution is -2.45. The van der Waals surface area contributed by atoms with Crippen LogP contribution in [-0.2, 0) is 0 Å². The molecule has 0 amide bonds. The smallest absolute Gasteiger partial charge is 0.337 e. The number of hydrogen-bond donors (Lipinski definition) is 2. The van der Waals surface area contributed by atoms with E-state index in [1.165, 1.54) is 18.5 Å². The first-order valence-corrected chi connectivity index (χ1v) is 4.92. The molecule has 0 atom stereocenters. The SMILES string of the molecule is CN(c1cnccc1C(=O)O)C(C)(C)CO. The summed E-state index contributed by atoms with van der Waals surface area (Å²) in [5, 5.41) is 18.3. The van der Waals surface area contributed by atoms with Gasteiger partial charge in [-0.2, -0.15) is 0 Å². The van der Waals surface area contributed by atoms with Crippen molar-refractivity contribution in [1.82, 2.24) is 4.98 Å². The lowest BCUT2D eigenvalue weighted by atomic mass is 10.0. The first-order chi connectivity index (χ1) is 7.40. The van der Waals surface area contributed by atoms with Crippen molar-refractivity contribution in [2.75, 3.05) is 18.6 Å². The van der Waals surface area contributed by atoms with Gasteiger partial charge in [0.1, 0.15) is 0 Å². The van der Waals surface area contributed by atoms with E-state index < -0.39 is 11.5 Å². The number of anilines is 1. The van der Waals surface area contributed by atoms with E-state index in [0.29, 0.717) is 5.69 Å². The van der Waals surface area contributed by atoms with Gasteiger partial charge in [-0.25, -0.2) is 4.79 Å². The first kappa shape index (κ1) is 12.4. The van der Waals surface area contributed by atoms with Crippen LogP contribution in [0.3, 0.4) is 0 Å². The summed E-state index contributed by atoms with van der Waals surface area (Å²) in [6, 6.07) is 1.45. The van der Waals surface area contributed by atoms with Gasteiger partial charge in [0.2, 0.25) is 0 Å². The topological polar surface area (TPSA) is 73.7 Å². The second-order valence-electron chi connectivity index (χ2n) is 4.23. The van der Waals surface area contributed by atoms with Gasteiger partial charge in [0.25, 0.3) is 0 Å². The molecule has 0 aliphatic carbocycles. The van der Waals surface area contributed by atoms with Crippen molar-refractivity contribution in [2.45, 2.75) is 19.4 Å². The molecular weight excluding hydrogens is 208 g/mol. The molecule has 1 heterocycles. The van der Waals surface area contributed by atoms with E-state index in [9.17, 15) is 9.90 Å². The van der Waals surface area contributed by atoms with E-state index in [-0.39, 0.29) is 12.2 Å². The van der Waals surface area contributed by atoms with Crippen LogP contribution >= 0.6 is 0 Å². The predicted molar refractivity (Wildman–Crippen MR) is 60.8 cm³/mol. The Morgan fingerprint density at radius 3 is 2.69 bits per heavy atom. The molecule has 2 N–H and O–H groups in total. The van der Waals surface area contributed by atoms with Crippen LogP contribution in [0.15, 0.2) is 18.5 Å². The minimum absolute atomic E-state index is 0.0720. The lowest BCUT2D eigenvalue weighted by Gasteiger charge is -2.36. The number of likely N-dealkylation sites (N-methyl/N-ethyl adjacent to an activating group) is 1. The maximum absolute atomic E-state index is 11.0. The molecule has 16 heavy (non-hydrogen) atoms. The van der Waals surface area contributed by atoms with Gasteiger partial charge < -0.3 is 15.1 Å². The van der Waals surface area contributed by atoms with E-state index >= 15 is 0 Å². The lowest BCUT2D eigenvalue weighted by molar-refractivity contribution is 0.0697. The number of carboxylic acids is 1. The molecule has 5 heteroatoms. The molecular formula is C11H16N2O3. The van der Waals surface area contributed by atoms with E-state index in [1.807, 2.05) is 13.8 Å². The van der Waals surface area contributed by atoms with Gasteiger partial charge in [0, 0.05) is 13.2 Å². The predicted octanol–water partition coefficient (Wildman–Crippen LogP) is 0.987.